The lowest BCUT2D eigenvalue weighted by molar-refractivity contribution is -0.136. The molecular weight excluding hydrogens is 396 g/mol. The molecule has 1 saturated carbocycles. The summed E-state index contributed by atoms with van der Waals surface area (Å²) in [5, 5.41) is 5.71. The molecule has 2 atom stereocenters. The molecule has 2 aliphatic heterocycles. The van der Waals surface area contributed by atoms with Crippen LogP contribution < -0.4 is 15.5 Å². The lowest BCUT2D eigenvalue weighted by atomic mass is 9.64. The van der Waals surface area contributed by atoms with Gasteiger partial charge >= 0.3 is 6.03 Å². The zero-order valence-electron chi connectivity index (χ0n) is 18.6. The molecule has 3 fully saturated rings. The van der Waals surface area contributed by atoms with E-state index in [1.54, 1.807) is 0 Å². The van der Waals surface area contributed by atoms with Gasteiger partial charge in [0.1, 0.15) is 12.1 Å². The van der Waals surface area contributed by atoms with Crippen molar-refractivity contribution in [2.75, 3.05) is 43.1 Å². The molecule has 0 bridgehead atoms. The van der Waals surface area contributed by atoms with E-state index in [1.165, 1.54) is 0 Å². The maximum Gasteiger partial charge on any atom is 0.325 e. The van der Waals surface area contributed by atoms with E-state index in [0.29, 0.717) is 37.7 Å². The Morgan fingerprint density at radius 3 is 2.48 bits per heavy atom. The molecule has 4 amide bonds. The van der Waals surface area contributed by atoms with Gasteiger partial charge in [0, 0.05) is 24.5 Å². The first-order valence-corrected chi connectivity index (χ1v) is 11.0. The minimum Gasteiger partial charge on any atom is -0.378 e. The van der Waals surface area contributed by atoms with E-state index in [-0.39, 0.29) is 23.8 Å². The molecule has 2 N–H and O–H groups in total. The van der Waals surface area contributed by atoms with E-state index < -0.39 is 11.6 Å². The lowest BCUT2D eigenvalue weighted by Gasteiger charge is -2.43. The number of hydrogen-bond donors (Lipinski definition) is 2. The van der Waals surface area contributed by atoms with Gasteiger partial charge in [-0.2, -0.15) is 0 Å². The normalized spacial score (nSPS) is 28.0. The van der Waals surface area contributed by atoms with Crippen LogP contribution in [0.3, 0.4) is 0 Å². The quantitative estimate of drug-likeness (QED) is 0.720. The number of nitrogens with one attached hydrogen (secondary N) is 2. The number of amides is 4. The average molecular weight is 429 g/mol. The maximum atomic E-state index is 13.2. The minimum atomic E-state index is -0.891. The second-order valence-corrected chi connectivity index (χ2v) is 9.95. The number of imide groups is 1. The van der Waals surface area contributed by atoms with Gasteiger partial charge in [0.2, 0.25) is 5.91 Å². The molecule has 0 aromatic heterocycles. The molecule has 1 aromatic rings. The van der Waals surface area contributed by atoms with Crippen LogP contribution in [0.5, 0.6) is 0 Å². The molecule has 31 heavy (non-hydrogen) atoms. The molecule has 4 rings (SSSR count). The summed E-state index contributed by atoms with van der Waals surface area (Å²) in [7, 11) is 0. The smallest absolute Gasteiger partial charge is 0.325 e. The molecule has 0 unspecified atom stereocenters. The highest BCUT2D eigenvalue weighted by Crippen LogP contribution is 2.46. The Morgan fingerprint density at radius 1 is 1.16 bits per heavy atom. The molecule has 1 spiro atoms. The van der Waals surface area contributed by atoms with E-state index >= 15 is 0 Å². The number of morpholine rings is 1. The van der Waals surface area contributed by atoms with Crippen LogP contribution in [0.1, 0.15) is 40.0 Å². The Bertz CT molecular complexity index is 863. The Balaban J connectivity index is 1.38. The topological polar surface area (TPSA) is 91.0 Å². The molecule has 2 heterocycles. The standard InChI is InChI=1S/C23H32N4O4/c1-16-12-22(2,3)15-23(13-16)20(29)27(21(30)25-23)14-19(28)24-17-4-6-18(7-5-17)26-8-10-31-11-9-26/h4-7,16H,8-15H2,1-3H3,(H,24,28)(H,25,30)/t16-,23+/m1/s1. The Hall–Kier alpha value is -2.61. The van der Waals surface area contributed by atoms with Crippen molar-refractivity contribution in [2.24, 2.45) is 11.3 Å². The highest BCUT2D eigenvalue weighted by Gasteiger charge is 2.56. The largest absolute Gasteiger partial charge is 0.378 e. The van der Waals surface area contributed by atoms with Crippen LogP contribution in [0.15, 0.2) is 24.3 Å². The zero-order valence-corrected chi connectivity index (χ0v) is 18.6. The predicted molar refractivity (Wildman–Crippen MR) is 118 cm³/mol. The number of carbonyl (C=O) groups excluding carboxylic acids is 3. The fraction of sp³-hybridized carbons (Fsp3) is 0.609. The van der Waals surface area contributed by atoms with Crippen LogP contribution in [0, 0.1) is 11.3 Å². The van der Waals surface area contributed by atoms with E-state index in [4.69, 9.17) is 4.74 Å². The molecule has 1 aliphatic carbocycles. The Labute approximate surface area is 183 Å². The molecule has 3 aliphatic rings. The summed E-state index contributed by atoms with van der Waals surface area (Å²) < 4.78 is 5.37. The summed E-state index contributed by atoms with van der Waals surface area (Å²) in [5.41, 5.74) is 0.780. The number of anilines is 2. The summed E-state index contributed by atoms with van der Waals surface area (Å²) in [4.78, 5) is 41.7. The summed E-state index contributed by atoms with van der Waals surface area (Å²) in [5.74, 6) is -0.343. The molecule has 2 saturated heterocycles. The number of carbonyl (C=O) groups is 3. The first-order chi connectivity index (χ1) is 14.7. The van der Waals surface area contributed by atoms with E-state index in [9.17, 15) is 14.4 Å². The van der Waals surface area contributed by atoms with E-state index in [1.807, 2.05) is 24.3 Å². The highest BCUT2D eigenvalue weighted by molar-refractivity contribution is 6.10. The fourth-order valence-electron chi connectivity index (χ4n) is 5.57. The van der Waals surface area contributed by atoms with Gasteiger partial charge in [-0.15, -0.1) is 0 Å². The Kier molecular flexibility index (Phi) is 5.68. The van der Waals surface area contributed by atoms with Crippen molar-refractivity contribution in [3.05, 3.63) is 24.3 Å². The van der Waals surface area contributed by atoms with Crippen LogP contribution in [0.2, 0.25) is 0 Å². The number of ether oxygens (including phenoxy) is 1. The monoisotopic (exact) mass is 428 g/mol. The number of urea groups is 1. The molecule has 8 nitrogen and oxygen atoms in total. The molecule has 0 radical (unpaired) electrons. The first-order valence-electron chi connectivity index (χ1n) is 11.0. The molecular formula is C23H32N4O4. The van der Waals surface area contributed by atoms with Crippen molar-refractivity contribution in [1.29, 1.82) is 0 Å². The fourth-order valence-corrected chi connectivity index (χ4v) is 5.57. The number of hydrogen-bond acceptors (Lipinski definition) is 5. The van der Waals surface area contributed by atoms with Gasteiger partial charge in [-0.3, -0.25) is 14.5 Å². The van der Waals surface area contributed by atoms with Crippen LogP contribution in [0.4, 0.5) is 16.2 Å². The van der Waals surface area contributed by atoms with Gasteiger partial charge in [-0.05, 0) is 54.9 Å². The van der Waals surface area contributed by atoms with Crippen molar-refractivity contribution >= 4 is 29.2 Å². The molecule has 168 valence electrons. The van der Waals surface area contributed by atoms with Gasteiger partial charge in [0.05, 0.1) is 13.2 Å². The second kappa shape index (κ2) is 8.15. The average Bonchev–Trinajstić information content (AvgIpc) is 2.91. The molecule has 8 heteroatoms. The predicted octanol–water partition coefficient (Wildman–Crippen LogP) is 2.60. The lowest BCUT2D eigenvalue weighted by Crippen LogP contribution is -2.54. The van der Waals surface area contributed by atoms with Crippen LogP contribution in [-0.4, -0.2) is 61.1 Å². The van der Waals surface area contributed by atoms with E-state index in [2.05, 4.69) is 36.3 Å². The van der Waals surface area contributed by atoms with Crippen molar-refractivity contribution in [3.63, 3.8) is 0 Å². The van der Waals surface area contributed by atoms with E-state index in [0.717, 1.165) is 30.1 Å². The third kappa shape index (κ3) is 4.54. The van der Waals surface area contributed by atoms with Crippen LogP contribution >= 0.6 is 0 Å². The third-order valence-electron chi connectivity index (χ3n) is 6.45. The summed E-state index contributed by atoms with van der Waals surface area (Å²) in [6, 6.07) is 7.10. The highest BCUT2D eigenvalue weighted by atomic mass is 16.5. The van der Waals surface area contributed by atoms with Crippen molar-refractivity contribution in [2.45, 2.75) is 45.6 Å². The number of benzene rings is 1. The van der Waals surface area contributed by atoms with Crippen LogP contribution in [0.25, 0.3) is 0 Å². The zero-order chi connectivity index (χ0) is 22.2. The Morgan fingerprint density at radius 2 is 1.84 bits per heavy atom. The maximum absolute atomic E-state index is 13.2. The second-order valence-electron chi connectivity index (χ2n) is 9.95. The minimum absolute atomic E-state index is 0.0406. The summed E-state index contributed by atoms with van der Waals surface area (Å²) in [6.45, 7) is 9.18. The first kappa shape index (κ1) is 21.6. The number of rotatable bonds is 4. The molecule has 1 aromatic carbocycles. The van der Waals surface area contributed by atoms with Gasteiger partial charge in [-0.25, -0.2) is 4.79 Å². The van der Waals surface area contributed by atoms with Crippen LogP contribution in [-0.2, 0) is 14.3 Å². The van der Waals surface area contributed by atoms with Crippen molar-refractivity contribution < 1.29 is 19.1 Å². The van der Waals surface area contributed by atoms with Gasteiger partial charge in [0.15, 0.2) is 0 Å². The third-order valence-corrected chi connectivity index (χ3v) is 6.45. The van der Waals surface area contributed by atoms with Gasteiger partial charge < -0.3 is 20.3 Å². The van der Waals surface area contributed by atoms with Gasteiger partial charge in [-0.1, -0.05) is 20.8 Å². The van der Waals surface area contributed by atoms with Gasteiger partial charge in [0.25, 0.3) is 5.91 Å². The number of nitrogens with zero attached hydrogens (tertiary/aromatic N) is 2. The van der Waals surface area contributed by atoms with Crippen molar-refractivity contribution in [1.82, 2.24) is 10.2 Å². The summed E-state index contributed by atoms with van der Waals surface area (Å²) >= 11 is 0. The SMILES string of the molecule is C[C@@H]1CC(C)(C)C[C@]2(C1)NC(=O)N(CC(=O)Nc1ccc(N3CCOCC3)cc1)C2=O. The van der Waals surface area contributed by atoms with Crippen molar-refractivity contribution in [3.8, 4) is 0 Å². The summed E-state index contributed by atoms with van der Waals surface area (Å²) in [6.07, 6.45) is 2.22.